The second-order valence-electron chi connectivity index (χ2n) is 10.6. The first kappa shape index (κ1) is 28.0. The zero-order valence-corrected chi connectivity index (χ0v) is 23.1. The normalized spacial score (nSPS) is 14.7. The van der Waals surface area contributed by atoms with E-state index in [9.17, 15) is 13.2 Å². The molecule has 0 amide bonds. The molecule has 0 atom stereocenters. The fourth-order valence-corrected chi connectivity index (χ4v) is 5.73. The minimum atomic E-state index is -4.50. The van der Waals surface area contributed by atoms with Gasteiger partial charge >= 0.3 is 6.18 Å². The van der Waals surface area contributed by atoms with Crippen LogP contribution in [-0.4, -0.2) is 39.0 Å². The van der Waals surface area contributed by atoms with Gasteiger partial charge in [0, 0.05) is 29.7 Å². The van der Waals surface area contributed by atoms with Crippen molar-refractivity contribution in [3.63, 3.8) is 0 Å². The second kappa shape index (κ2) is 12.3. The monoisotopic (exact) mass is 547 g/mol. The van der Waals surface area contributed by atoms with Gasteiger partial charge in [0.2, 0.25) is 0 Å². The highest BCUT2D eigenvalue weighted by Gasteiger charge is 2.34. The number of hydrogen-bond acceptors (Lipinski definition) is 5. The number of nitrogens with zero attached hydrogens (tertiary/aromatic N) is 4. The zero-order chi connectivity index (χ0) is 28.1. The molecule has 0 unspecified atom stereocenters. The molecule has 1 saturated carbocycles. The summed E-state index contributed by atoms with van der Waals surface area (Å²) in [4.78, 5) is 16.3. The summed E-state index contributed by atoms with van der Waals surface area (Å²) in [5.74, 6) is 1.38. The number of rotatable bonds is 9. The number of hydrogen-bond donors (Lipinski definition) is 1. The molecule has 2 heterocycles. The van der Waals surface area contributed by atoms with E-state index in [-0.39, 0.29) is 5.69 Å². The molecule has 5 nitrogen and oxygen atoms in total. The summed E-state index contributed by atoms with van der Waals surface area (Å²) in [6, 6.07) is 16.4. The van der Waals surface area contributed by atoms with Crippen LogP contribution in [0.15, 0.2) is 60.8 Å². The lowest BCUT2D eigenvalue weighted by Crippen LogP contribution is -2.36. The Balaban J connectivity index is 1.50. The van der Waals surface area contributed by atoms with E-state index in [1.807, 2.05) is 12.1 Å². The Kier molecular flexibility index (Phi) is 8.64. The highest BCUT2D eigenvalue weighted by molar-refractivity contribution is 5.92. The topological polar surface area (TPSA) is 53.9 Å². The maximum Gasteiger partial charge on any atom is 0.418 e. The molecule has 0 bridgehead atoms. The Labute approximate surface area is 233 Å². The summed E-state index contributed by atoms with van der Waals surface area (Å²) in [6.45, 7) is 6.44. The van der Waals surface area contributed by atoms with Crippen LogP contribution in [0.5, 0.6) is 0 Å². The van der Waals surface area contributed by atoms with Gasteiger partial charge in [0.25, 0.3) is 0 Å². The van der Waals surface area contributed by atoms with E-state index in [2.05, 4.69) is 41.2 Å². The minimum absolute atomic E-state index is 0.0940. The number of alkyl halides is 3. The SMILES string of the molecule is CCN(Cc1nc(NCCc2ccccc2C)c2ccc(-c3ncccc3C(F)(F)F)cc2n1)C1CCCCC1. The highest BCUT2D eigenvalue weighted by atomic mass is 19.4. The Morgan fingerprint density at radius 3 is 2.52 bits per heavy atom. The lowest BCUT2D eigenvalue weighted by molar-refractivity contribution is -0.137. The third-order valence-corrected chi connectivity index (χ3v) is 7.92. The summed E-state index contributed by atoms with van der Waals surface area (Å²) in [6.07, 6.45) is 3.82. The third kappa shape index (κ3) is 6.44. The molecule has 5 rings (SSSR count). The van der Waals surface area contributed by atoms with E-state index in [4.69, 9.17) is 9.97 Å². The quantitative estimate of drug-likeness (QED) is 0.231. The van der Waals surface area contributed by atoms with Crippen molar-refractivity contribution in [2.75, 3.05) is 18.4 Å². The number of halogens is 3. The molecule has 0 aliphatic heterocycles. The van der Waals surface area contributed by atoms with E-state index in [0.29, 0.717) is 41.9 Å². The van der Waals surface area contributed by atoms with Gasteiger partial charge in [-0.3, -0.25) is 9.88 Å². The molecule has 0 spiro atoms. The van der Waals surface area contributed by atoms with E-state index in [1.54, 1.807) is 18.2 Å². The van der Waals surface area contributed by atoms with Gasteiger partial charge < -0.3 is 5.32 Å². The largest absolute Gasteiger partial charge is 0.418 e. The molecule has 8 heteroatoms. The van der Waals surface area contributed by atoms with Gasteiger partial charge in [-0.25, -0.2) is 9.97 Å². The summed E-state index contributed by atoms with van der Waals surface area (Å²) >= 11 is 0. The highest BCUT2D eigenvalue weighted by Crippen LogP contribution is 2.37. The smallest absolute Gasteiger partial charge is 0.369 e. The molecule has 4 aromatic rings. The van der Waals surface area contributed by atoms with E-state index >= 15 is 0 Å². The molecule has 0 radical (unpaired) electrons. The first-order valence-electron chi connectivity index (χ1n) is 14.2. The van der Waals surface area contributed by atoms with Crippen LogP contribution >= 0.6 is 0 Å². The van der Waals surface area contributed by atoms with Crippen molar-refractivity contribution in [3.8, 4) is 11.3 Å². The van der Waals surface area contributed by atoms with Crippen LogP contribution in [0.3, 0.4) is 0 Å². The molecular weight excluding hydrogens is 511 g/mol. The molecule has 1 aliphatic carbocycles. The number of benzene rings is 2. The van der Waals surface area contributed by atoms with Crippen molar-refractivity contribution in [2.45, 2.75) is 71.1 Å². The maximum absolute atomic E-state index is 13.8. The predicted molar refractivity (Wildman–Crippen MR) is 154 cm³/mol. The lowest BCUT2D eigenvalue weighted by Gasteiger charge is -2.33. The van der Waals surface area contributed by atoms with E-state index in [1.165, 1.54) is 55.5 Å². The molecule has 210 valence electrons. The molecule has 0 saturated heterocycles. The lowest BCUT2D eigenvalue weighted by atomic mass is 9.94. The summed E-state index contributed by atoms with van der Waals surface area (Å²) < 4.78 is 41.3. The van der Waals surface area contributed by atoms with Crippen LogP contribution in [-0.2, 0) is 19.1 Å². The summed E-state index contributed by atoms with van der Waals surface area (Å²) in [7, 11) is 0. The Morgan fingerprint density at radius 2 is 1.77 bits per heavy atom. The molecule has 1 aliphatic rings. The second-order valence-corrected chi connectivity index (χ2v) is 10.6. The predicted octanol–water partition coefficient (Wildman–Crippen LogP) is 7.83. The van der Waals surface area contributed by atoms with Gasteiger partial charge in [-0.1, -0.05) is 56.5 Å². The first-order valence-corrected chi connectivity index (χ1v) is 14.2. The molecule has 1 N–H and O–H groups in total. The van der Waals surface area contributed by atoms with Crippen LogP contribution in [0.25, 0.3) is 22.2 Å². The maximum atomic E-state index is 13.8. The van der Waals surface area contributed by atoms with Crippen LogP contribution in [0.2, 0.25) is 0 Å². The van der Waals surface area contributed by atoms with Gasteiger partial charge in [0.1, 0.15) is 11.6 Å². The molecular formula is C32H36F3N5. The van der Waals surface area contributed by atoms with Crippen molar-refractivity contribution in [1.82, 2.24) is 19.9 Å². The Bertz CT molecular complexity index is 1450. The van der Waals surface area contributed by atoms with Gasteiger partial charge in [-0.2, -0.15) is 13.2 Å². The number of aromatic nitrogens is 3. The molecule has 2 aromatic carbocycles. The third-order valence-electron chi connectivity index (χ3n) is 7.92. The molecule has 2 aromatic heterocycles. The summed E-state index contributed by atoms with van der Waals surface area (Å²) in [5, 5.41) is 4.28. The van der Waals surface area contributed by atoms with Gasteiger partial charge in [-0.15, -0.1) is 0 Å². The van der Waals surface area contributed by atoms with Crippen LogP contribution in [0.4, 0.5) is 19.0 Å². The molecule has 1 fully saturated rings. The van der Waals surface area contributed by atoms with Crippen LogP contribution < -0.4 is 5.32 Å². The fourth-order valence-electron chi connectivity index (χ4n) is 5.73. The van der Waals surface area contributed by atoms with E-state index in [0.717, 1.165) is 24.4 Å². The zero-order valence-electron chi connectivity index (χ0n) is 23.1. The van der Waals surface area contributed by atoms with Gasteiger partial charge in [0.15, 0.2) is 0 Å². The molecule has 40 heavy (non-hydrogen) atoms. The van der Waals surface area contributed by atoms with Crippen molar-refractivity contribution in [2.24, 2.45) is 0 Å². The van der Waals surface area contributed by atoms with Crippen molar-refractivity contribution in [1.29, 1.82) is 0 Å². The Hall–Kier alpha value is -3.52. The van der Waals surface area contributed by atoms with Crippen LogP contribution in [0, 0.1) is 6.92 Å². The first-order chi connectivity index (χ1) is 19.3. The van der Waals surface area contributed by atoms with Crippen LogP contribution in [0.1, 0.15) is 61.5 Å². The van der Waals surface area contributed by atoms with Gasteiger partial charge in [0.05, 0.1) is 23.3 Å². The minimum Gasteiger partial charge on any atom is -0.369 e. The van der Waals surface area contributed by atoms with E-state index < -0.39 is 11.7 Å². The average Bonchev–Trinajstić information content (AvgIpc) is 2.96. The standard InChI is InChI=1S/C32H36F3N5/c1-3-40(25-12-5-4-6-13-25)21-29-38-28-20-24(30-27(32(33,34)35)14-9-18-36-30)15-16-26(28)31(39-29)37-19-17-23-11-8-7-10-22(23)2/h7-11,14-16,18,20,25H,3-6,12-13,17,19,21H2,1-2H3,(H,37,38,39). The van der Waals surface area contributed by atoms with Crippen molar-refractivity contribution in [3.05, 3.63) is 83.3 Å². The number of pyridine rings is 1. The van der Waals surface area contributed by atoms with Crippen molar-refractivity contribution >= 4 is 16.7 Å². The van der Waals surface area contributed by atoms with Crippen molar-refractivity contribution < 1.29 is 13.2 Å². The Morgan fingerprint density at radius 1 is 0.975 bits per heavy atom. The average molecular weight is 548 g/mol. The number of nitrogens with one attached hydrogen (secondary N) is 1. The number of anilines is 1. The summed E-state index contributed by atoms with van der Waals surface area (Å²) in [5.41, 5.74) is 2.65. The number of aryl methyl sites for hydroxylation is 1. The van der Waals surface area contributed by atoms with Gasteiger partial charge in [-0.05, 0) is 68.1 Å². The number of fused-ring (bicyclic) bond motifs is 1. The fraction of sp³-hybridized carbons (Fsp3) is 0.406.